The summed E-state index contributed by atoms with van der Waals surface area (Å²) in [5.41, 5.74) is 0. The molecule has 0 bridgehead atoms. The van der Waals surface area contributed by atoms with Crippen LogP contribution in [-0.2, 0) is 4.52 Å². The van der Waals surface area contributed by atoms with Gasteiger partial charge in [0.2, 0.25) is 0 Å². The van der Waals surface area contributed by atoms with Crippen molar-refractivity contribution in [2.45, 2.75) is 33.6 Å². The highest BCUT2D eigenvalue weighted by Crippen LogP contribution is 2.35. The summed E-state index contributed by atoms with van der Waals surface area (Å²) in [7, 11) is -0.0678. The molecule has 0 aliphatic carbocycles. The molecule has 0 aliphatic heterocycles. The second kappa shape index (κ2) is 7.50. The molecule has 62 valence electrons. The fourth-order valence-electron chi connectivity index (χ4n) is 0.744. The Labute approximate surface area is 66.0 Å². The van der Waals surface area contributed by atoms with Gasteiger partial charge in [0.15, 0.2) is 0 Å². The summed E-state index contributed by atoms with van der Waals surface area (Å²) in [6, 6.07) is 0. The molecule has 0 spiro atoms. The predicted molar refractivity (Wildman–Crippen MR) is 48.9 cm³/mol. The molecule has 0 N–H and O–H groups in total. The first-order valence-corrected chi connectivity index (χ1v) is 5.86. The van der Waals surface area contributed by atoms with Crippen LogP contribution in [-0.4, -0.2) is 18.9 Å². The van der Waals surface area contributed by atoms with E-state index in [1.807, 2.05) is 0 Å². The summed E-state index contributed by atoms with van der Waals surface area (Å²) in [6.07, 6.45) is 4.90. The van der Waals surface area contributed by atoms with Gasteiger partial charge in [0.1, 0.15) is 0 Å². The molecule has 0 atom stereocenters. The van der Waals surface area contributed by atoms with Gasteiger partial charge in [-0.2, -0.15) is 0 Å². The molecule has 10 heavy (non-hydrogen) atoms. The lowest BCUT2D eigenvalue weighted by Crippen LogP contribution is -1.92. The van der Waals surface area contributed by atoms with Gasteiger partial charge < -0.3 is 4.52 Å². The highest BCUT2D eigenvalue weighted by atomic mass is 31.1. The Morgan fingerprint density at radius 1 is 1.10 bits per heavy atom. The SMILES string of the molecule is CCCCOP(CC)CC. The van der Waals surface area contributed by atoms with Crippen LogP contribution >= 0.6 is 8.15 Å². The molecule has 0 rings (SSSR count). The van der Waals surface area contributed by atoms with Gasteiger partial charge in [-0.25, -0.2) is 0 Å². The standard InChI is InChI=1S/C8H19OP/c1-4-7-8-9-10(5-2)6-3/h4-8H2,1-3H3. The van der Waals surface area contributed by atoms with E-state index in [1.54, 1.807) is 0 Å². The van der Waals surface area contributed by atoms with E-state index < -0.39 is 0 Å². The molecule has 0 heterocycles. The van der Waals surface area contributed by atoms with E-state index in [0.29, 0.717) is 0 Å². The summed E-state index contributed by atoms with van der Waals surface area (Å²) in [4.78, 5) is 0. The first-order valence-electron chi connectivity index (χ1n) is 4.23. The Morgan fingerprint density at radius 3 is 2.10 bits per heavy atom. The molecule has 0 aromatic heterocycles. The van der Waals surface area contributed by atoms with Gasteiger partial charge in [-0.1, -0.05) is 27.2 Å². The van der Waals surface area contributed by atoms with Crippen LogP contribution in [0.5, 0.6) is 0 Å². The average molecular weight is 162 g/mol. The zero-order valence-corrected chi connectivity index (χ0v) is 8.29. The molecule has 0 saturated heterocycles. The summed E-state index contributed by atoms with van der Waals surface area (Å²) in [5, 5.41) is 0. The number of rotatable bonds is 6. The fraction of sp³-hybridized carbons (Fsp3) is 1.00. The van der Waals surface area contributed by atoms with Crippen LogP contribution in [0, 0.1) is 0 Å². The van der Waals surface area contributed by atoms with E-state index in [2.05, 4.69) is 20.8 Å². The van der Waals surface area contributed by atoms with E-state index in [-0.39, 0.29) is 8.15 Å². The second-order valence-corrected chi connectivity index (χ2v) is 4.79. The minimum atomic E-state index is -0.0678. The van der Waals surface area contributed by atoms with Gasteiger partial charge in [-0.3, -0.25) is 0 Å². The van der Waals surface area contributed by atoms with Crippen LogP contribution < -0.4 is 0 Å². The predicted octanol–water partition coefficient (Wildman–Crippen LogP) is 3.24. The Morgan fingerprint density at radius 2 is 1.70 bits per heavy atom. The average Bonchev–Trinajstić information content (AvgIpc) is 1.99. The molecule has 0 radical (unpaired) electrons. The molecule has 0 aliphatic rings. The molecular weight excluding hydrogens is 143 g/mol. The highest BCUT2D eigenvalue weighted by molar-refractivity contribution is 7.52. The van der Waals surface area contributed by atoms with Crippen LogP contribution in [0.25, 0.3) is 0 Å². The number of hydrogen-bond acceptors (Lipinski definition) is 1. The summed E-state index contributed by atoms with van der Waals surface area (Å²) in [5.74, 6) is 0. The minimum Gasteiger partial charge on any atom is -0.359 e. The largest absolute Gasteiger partial charge is 0.359 e. The van der Waals surface area contributed by atoms with Crippen LogP contribution in [0.3, 0.4) is 0 Å². The molecule has 0 aromatic carbocycles. The number of hydrogen-bond donors (Lipinski definition) is 0. The maximum atomic E-state index is 5.65. The second-order valence-electron chi connectivity index (χ2n) is 2.30. The lowest BCUT2D eigenvalue weighted by Gasteiger charge is -2.12. The van der Waals surface area contributed by atoms with E-state index in [4.69, 9.17) is 4.52 Å². The molecule has 2 heteroatoms. The van der Waals surface area contributed by atoms with Crippen molar-refractivity contribution in [1.29, 1.82) is 0 Å². The molecule has 0 unspecified atom stereocenters. The first kappa shape index (κ1) is 10.4. The molecule has 0 saturated carbocycles. The van der Waals surface area contributed by atoms with Gasteiger partial charge in [0.25, 0.3) is 0 Å². The van der Waals surface area contributed by atoms with E-state index in [1.165, 1.54) is 25.2 Å². The van der Waals surface area contributed by atoms with Crippen molar-refractivity contribution in [3.05, 3.63) is 0 Å². The van der Waals surface area contributed by atoms with Crippen molar-refractivity contribution in [2.75, 3.05) is 18.9 Å². The van der Waals surface area contributed by atoms with Crippen molar-refractivity contribution in [2.24, 2.45) is 0 Å². The normalized spacial score (nSPS) is 10.8. The lowest BCUT2D eigenvalue weighted by atomic mass is 10.4. The van der Waals surface area contributed by atoms with E-state index >= 15 is 0 Å². The monoisotopic (exact) mass is 162 g/mol. The minimum absolute atomic E-state index is 0.0678. The maximum absolute atomic E-state index is 5.65. The van der Waals surface area contributed by atoms with Crippen molar-refractivity contribution < 1.29 is 4.52 Å². The van der Waals surface area contributed by atoms with Crippen LogP contribution in [0.15, 0.2) is 0 Å². The number of unbranched alkanes of at least 4 members (excludes halogenated alkanes) is 1. The molecule has 1 nitrogen and oxygen atoms in total. The topological polar surface area (TPSA) is 9.23 Å². The van der Waals surface area contributed by atoms with Crippen LogP contribution in [0.2, 0.25) is 0 Å². The first-order chi connectivity index (χ1) is 4.85. The van der Waals surface area contributed by atoms with E-state index in [9.17, 15) is 0 Å². The third-order valence-electron chi connectivity index (χ3n) is 1.48. The van der Waals surface area contributed by atoms with Crippen LogP contribution in [0.1, 0.15) is 33.6 Å². The highest BCUT2D eigenvalue weighted by Gasteiger charge is 2.00. The molecule has 0 aromatic rings. The fourth-order valence-corrected chi connectivity index (χ4v) is 1.94. The smallest absolute Gasteiger partial charge is 0.0508 e. The van der Waals surface area contributed by atoms with Crippen molar-refractivity contribution >= 4 is 8.15 Å². The van der Waals surface area contributed by atoms with Gasteiger partial charge in [-0.05, 0) is 18.7 Å². The third kappa shape index (κ3) is 5.20. The maximum Gasteiger partial charge on any atom is 0.0508 e. The van der Waals surface area contributed by atoms with Gasteiger partial charge in [-0.15, -0.1) is 0 Å². The van der Waals surface area contributed by atoms with Crippen molar-refractivity contribution in [3.8, 4) is 0 Å². The zero-order valence-electron chi connectivity index (χ0n) is 7.39. The van der Waals surface area contributed by atoms with Crippen LogP contribution in [0.4, 0.5) is 0 Å². The quantitative estimate of drug-likeness (QED) is 0.430. The van der Waals surface area contributed by atoms with Gasteiger partial charge >= 0.3 is 0 Å². The summed E-state index contributed by atoms with van der Waals surface area (Å²) < 4.78 is 5.65. The third-order valence-corrected chi connectivity index (χ3v) is 3.44. The molecule has 0 fully saturated rings. The van der Waals surface area contributed by atoms with Gasteiger partial charge in [0.05, 0.1) is 6.61 Å². The van der Waals surface area contributed by atoms with E-state index in [0.717, 1.165) is 6.61 Å². The van der Waals surface area contributed by atoms with Crippen molar-refractivity contribution in [3.63, 3.8) is 0 Å². The summed E-state index contributed by atoms with van der Waals surface area (Å²) >= 11 is 0. The van der Waals surface area contributed by atoms with Gasteiger partial charge in [0, 0.05) is 8.15 Å². The molecular formula is C8H19OP. The Balaban J connectivity index is 3.09. The van der Waals surface area contributed by atoms with Crippen molar-refractivity contribution in [1.82, 2.24) is 0 Å². The Bertz CT molecular complexity index is 62.3. The Hall–Kier alpha value is 0.390. The zero-order chi connectivity index (χ0) is 7.82. The summed E-state index contributed by atoms with van der Waals surface area (Å²) in [6.45, 7) is 7.59. The lowest BCUT2D eigenvalue weighted by molar-refractivity contribution is 0.342. The molecule has 0 amide bonds. The Kier molecular flexibility index (Phi) is 7.79.